The van der Waals surface area contributed by atoms with E-state index in [1.807, 2.05) is 6.92 Å². The molecule has 0 N–H and O–H groups in total. The molecule has 5 atom stereocenters. The Hall–Kier alpha value is -1.85. The highest BCUT2D eigenvalue weighted by Gasteiger charge is 2.68. The summed E-state index contributed by atoms with van der Waals surface area (Å²) in [6.07, 6.45) is 1.72. The molecule has 1 heterocycles. The van der Waals surface area contributed by atoms with Gasteiger partial charge in [-0.3, -0.25) is 4.79 Å². The van der Waals surface area contributed by atoms with E-state index in [0.29, 0.717) is 6.42 Å². The first-order chi connectivity index (χ1) is 9.44. The minimum atomic E-state index is -0.673. The number of hydrogen-bond donors (Lipinski definition) is 0. The number of carbonyl (C=O) groups is 3. The second-order valence-corrected chi connectivity index (χ2v) is 5.96. The summed E-state index contributed by atoms with van der Waals surface area (Å²) >= 11 is 0. The lowest BCUT2D eigenvalue weighted by Crippen LogP contribution is -2.42. The van der Waals surface area contributed by atoms with Gasteiger partial charge < -0.3 is 14.2 Å². The van der Waals surface area contributed by atoms with Crippen LogP contribution >= 0.6 is 0 Å². The molecular formula is C14H16O6. The fourth-order valence-electron chi connectivity index (χ4n) is 3.82. The van der Waals surface area contributed by atoms with E-state index in [9.17, 15) is 14.4 Å². The Morgan fingerprint density at radius 3 is 2.95 bits per heavy atom. The van der Waals surface area contributed by atoms with Crippen molar-refractivity contribution in [3.05, 3.63) is 12.7 Å². The molecule has 2 aliphatic carbocycles. The molecule has 5 unspecified atom stereocenters. The van der Waals surface area contributed by atoms with E-state index in [1.54, 1.807) is 0 Å². The molecule has 0 radical (unpaired) electrons. The van der Waals surface area contributed by atoms with Crippen molar-refractivity contribution in [3.63, 3.8) is 0 Å². The molecule has 2 saturated carbocycles. The van der Waals surface area contributed by atoms with Gasteiger partial charge in [-0.15, -0.1) is 0 Å². The van der Waals surface area contributed by atoms with E-state index in [-0.39, 0.29) is 29.3 Å². The number of hydrogen-bond acceptors (Lipinski definition) is 6. The zero-order chi connectivity index (χ0) is 14.5. The highest BCUT2D eigenvalue weighted by Crippen LogP contribution is 2.62. The Morgan fingerprint density at radius 2 is 2.25 bits per heavy atom. The van der Waals surface area contributed by atoms with Crippen LogP contribution in [0.3, 0.4) is 0 Å². The zero-order valence-corrected chi connectivity index (χ0v) is 11.2. The van der Waals surface area contributed by atoms with Crippen LogP contribution in [-0.2, 0) is 28.6 Å². The van der Waals surface area contributed by atoms with Crippen LogP contribution in [0, 0.1) is 17.3 Å². The SMILES string of the molecule is C=CC(=O)OCC(=O)OC1C2OC(=O)C3CC1(C)CC32. The summed E-state index contributed by atoms with van der Waals surface area (Å²) in [4.78, 5) is 34.3. The van der Waals surface area contributed by atoms with Crippen molar-refractivity contribution < 1.29 is 28.6 Å². The van der Waals surface area contributed by atoms with E-state index < -0.39 is 24.6 Å². The van der Waals surface area contributed by atoms with Crippen molar-refractivity contribution in [2.24, 2.45) is 17.3 Å². The standard InChI is InChI=1S/C14H16O6/c1-3-9(15)18-6-10(16)19-12-11-7-4-14(12,2)5-8(7)13(17)20-11/h3,7-8,11-12H,1,4-6H2,2H3. The van der Waals surface area contributed by atoms with E-state index in [1.165, 1.54) is 0 Å². The maximum absolute atomic E-state index is 11.7. The Labute approximate surface area is 116 Å². The van der Waals surface area contributed by atoms with Crippen LogP contribution in [0.1, 0.15) is 19.8 Å². The molecule has 3 fully saturated rings. The number of esters is 3. The molecule has 6 nitrogen and oxygen atoms in total. The quantitative estimate of drug-likeness (QED) is 0.426. The van der Waals surface area contributed by atoms with Crippen LogP contribution < -0.4 is 0 Å². The van der Waals surface area contributed by atoms with E-state index >= 15 is 0 Å². The number of carbonyl (C=O) groups excluding carboxylic acids is 3. The summed E-state index contributed by atoms with van der Waals surface area (Å²) in [6.45, 7) is 4.80. The van der Waals surface area contributed by atoms with Crippen molar-refractivity contribution in [3.8, 4) is 0 Å². The van der Waals surface area contributed by atoms with Crippen LogP contribution in [0.15, 0.2) is 12.7 Å². The van der Waals surface area contributed by atoms with E-state index in [0.717, 1.165) is 12.5 Å². The molecule has 0 aromatic heterocycles. The predicted molar refractivity (Wildman–Crippen MR) is 65.2 cm³/mol. The highest BCUT2D eigenvalue weighted by atomic mass is 16.6. The second kappa shape index (κ2) is 4.33. The average Bonchev–Trinajstić information content (AvgIpc) is 2.96. The van der Waals surface area contributed by atoms with Gasteiger partial charge in [-0.1, -0.05) is 13.5 Å². The van der Waals surface area contributed by atoms with Crippen molar-refractivity contribution in [1.82, 2.24) is 0 Å². The largest absolute Gasteiger partial charge is 0.458 e. The Bertz CT molecular complexity index is 498. The topological polar surface area (TPSA) is 78.9 Å². The third kappa shape index (κ3) is 1.82. The third-order valence-corrected chi connectivity index (χ3v) is 4.62. The van der Waals surface area contributed by atoms with Crippen molar-refractivity contribution in [2.45, 2.75) is 32.0 Å². The minimum absolute atomic E-state index is 0.0430. The smallest absolute Gasteiger partial charge is 0.344 e. The van der Waals surface area contributed by atoms with E-state index in [4.69, 9.17) is 9.47 Å². The molecule has 0 amide bonds. The third-order valence-electron chi connectivity index (χ3n) is 4.62. The molecule has 0 aromatic carbocycles. The second-order valence-electron chi connectivity index (χ2n) is 5.96. The molecule has 1 aliphatic heterocycles. The summed E-state index contributed by atoms with van der Waals surface area (Å²) in [5.74, 6) is -1.37. The van der Waals surface area contributed by atoms with Crippen LogP contribution in [-0.4, -0.2) is 36.7 Å². The molecule has 108 valence electrons. The van der Waals surface area contributed by atoms with Crippen LogP contribution in [0.2, 0.25) is 0 Å². The fraction of sp³-hybridized carbons (Fsp3) is 0.643. The van der Waals surface area contributed by atoms with Crippen LogP contribution in [0.5, 0.6) is 0 Å². The van der Waals surface area contributed by atoms with Gasteiger partial charge in [0, 0.05) is 17.4 Å². The van der Waals surface area contributed by atoms with Crippen molar-refractivity contribution >= 4 is 17.9 Å². The van der Waals surface area contributed by atoms with Gasteiger partial charge in [-0.2, -0.15) is 0 Å². The van der Waals surface area contributed by atoms with Crippen LogP contribution in [0.25, 0.3) is 0 Å². The summed E-state index contributed by atoms with van der Waals surface area (Å²) in [6, 6.07) is 0. The first-order valence-electron chi connectivity index (χ1n) is 6.64. The number of rotatable bonds is 4. The predicted octanol–water partition coefficient (Wildman–Crippen LogP) is 0.599. The van der Waals surface area contributed by atoms with Gasteiger partial charge in [0.15, 0.2) is 6.61 Å². The molecule has 6 heteroatoms. The van der Waals surface area contributed by atoms with Gasteiger partial charge in [0.1, 0.15) is 12.2 Å². The van der Waals surface area contributed by atoms with Gasteiger partial charge in [0.25, 0.3) is 0 Å². The Morgan fingerprint density at radius 1 is 1.50 bits per heavy atom. The molecule has 0 aromatic rings. The Balaban J connectivity index is 1.64. The van der Waals surface area contributed by atoms with Gasteiger partial charge in [-0.25, -0.2) is 9.59 Å². The zero-order valence-electron chi connectivity index (χ0n) is 11.2. The summed E-state index contributed by atoms with van der Waals surface area (Å²) in [5, 5.41) is 0. The normalized spacial score (nSPS) is 40.4. The minimum Gasteiger partial charge on any atom is -0.458 e. The van der Waals surface area contributed by atoms with Crippen LogP contribution in [0.4, 0.5) is 0 Å². The average molecular weight is 280 g/mol. The van der Waals surface area contributed by atoms with Gasteiger partial charge >= 0.3 is 17.9 Å². The number of fused-ring (bicyclic) bond motifs is 1. The Kier molecular flexibility index (Phi) is 2.84. The monoisotopic (exact) mass is 280 g/mol. The lowest BCUT2D eigenvalue weighted by molar-refractivity contribution is -0.172. The lowest BCUT2D eigenvalue weighted by Gasteiger charge is -2.32. The van der Waals surface area contributed by atoms with Crippen molar-refractivity contribution in [1.29, 1.82) is 0 Å². The summed E-state index contributed by atoms with van der Waals surface area (Å²) in [5.41, 5.74) is -0.218. The molecule has 2 bridgehead atoms. The van der Waals surface area contributed by atoms with Crippen molar-refractivity contribution in [2.75, 3.05) is 6.61 Å². The first-order valence-corrected chi connectivity index (χ1v) is 6.64. The highest BCUT2D eigenvalue weighted by molar-refractivity contribution is 5.84. The van der Waals surface area contributed by atoms with Gasteiger partial charge in [-0.05, 0) is 12.8 Å². The lowest BCUT2D eigenvalue weighted by atomic mass is 9.79. The van der Waals surface area contributed by atoms with Gasteiger partial charge in [0.2, 0.25) is 0 Å². The molecule has 1 saturated heterocycles. The van der Waals surface area contributed by atoms with Gasteiger partial charge in [0.05, 0.1) is 5.92 Å². The van der Waals surface area contributed by atoms with E-state index in [2.05, 4.69) is 11.3 Å². The maximum atomic E-state index is 11.7. The molecule has 3 aliphatic rings. The summed E-state index contributed by atoms with van der Waals surface area (Å²) < 4.78 is 15.4. The summed E-state index contributed by atoms with van der Waals surface area (Å²) in [7, 11) is 0. The molecule has 0 spiro atoms. The maximum Gasteiger partial charge on any atom is 0.344 e. The molecule has 20 heavy (non-hydrogen) atoms. The first kappa shape index (κ1) is 13.1. The number of ether oxygens (including phenoxy) is 3. The fourth-order valence-corrected chi connectivity index (χ4v) is 3.82. The molecule has 3 rings (SSSR count). The molecular weight excluding hydrogens is 264 g/mol.